The summed E-state index contributed by atoms with van der Waals surface area (Å²) in [6.07, 6.45) is 1.03. The lowest BCUT2D eigenvalue weighted by Crippen LogP contribution is -2.44. The molecular weight excluding hydrogens is 462 g/mol. The van der Waals surface area contributed by atoms with Crippen LogP contribution < -0.4 is 5.32 Å². The van der Waals surface area contributed by atoms with Gasteiger partial charge < -0.3 is 29.6 Å². The number of aryl methyl sites for hydroxylation is 1. The number of carbonyl (C=O) groups excluding carboxylic acids is 1. The van der Waals surface area contributed by atoms with Crippen molar-refractivity contribution in [3.8, 4) is 5.75 Å². The first-order chi connectivity index (χ1) is 17.5. The topological polar surface area (TPSA) is 122 Å². The third-order valence-corrected chi connectivity index (χ3v) is 6.25. The van der Waals surface area contributed by atoms with E-state index >= 15 is 0 Å². The molecule has 36 heavy (non-hydrogen) atoms. The van der Waals surface area contributed by atoms with Gasteiger partial charge in [-0.2, -0.15) is 0 Å². The predicted octanol–water partition coefficient (Wildman–Crippen LogP) is 2.44. The Morgan fingerprint density at radius 1 is 1.28 bits per heavy atom. The minimum Gasteiger partial charge on any atom is -0.506 e. The fourth-order valence-electron chi connectivity index (χ4n) is 4.45. The van der Waals surface area contributed by atoms with Gasteiger partial charge in [-0.05, 0) is 50.1 Å². The molecule has 194 valence electrons. The summed E-state index contributed by atoms with van der Waals surface area (Å²) < 4.78 is 12.8. The number of carbonyl (C=O) groups is 1. The van der Waals surface area contributed by atoms with Crippen LogP contribution in [-0.2, 0) is 27.4 Å². The van der Waals surface area contributed by atoms with Crippen LogP contribution in [0.4, 0.5) is 5.95 Å². The van der Waals surface area contributed by atoms with Gasteiger partial charge in [0.15, 0.2) is 0 Å². The highest BCUT2D eigenvalue weighted by atomic mass is 16.5. The van der Waals surface area contributed by atoms with Gasteiger partial charge in [0.2, 0.25) is 5.95 Å². The first kappa shape index (κ1) is 25.9. The summed E-state index contributed by atoms with van der Waals surface area (Å²) in [5.41, 5.74) is 3.84. The van der Waals surface area contributed by atoms with E-state index in [1.54, 1.807) is 19.1 Å². The number of esters is 1. The second-order valence-corrected chi connectivity index (χ2v) is 9.00. The fourth-order valence-corrected chi connectivity index (χ4v) is 4.45. The van der Waals surface area contributed by atoms with Crippen LogP contribution in [0, 0.1) is 6.92 Å². The number of aliphatic hydroxyl groups excluding tert-OH is 1. The van der Waals surface area contributed by atoms with Crippen LogP contribution in [0.2, 0.25) is 0 Å². The molecule has 0 saturated carbocycles. The van der Waals surface area contributed by atoms with Crippen molar-refractivity contribution in [2.24, 2.45) is 0 Å². The van der Waals surface area contributed by atoms with E-state index in [9.17, 15) is 15.0 Å². The van der Waals surface area contributed by atoms with Gasteiger partial charge in [-0.1, -0.05) is 6.07 Å². The van der Waals surface area contributed by atoms with E-state index in [4.69, 9.17) is 14.5 Å². The van der Waals surface area contributed by atoms with Crippen molar-refractivity contribution in [2.75, 3.05) is 44.7 Å². The van der Waals surface area contributed by atoms with E-state index in [0.29, 0.717) is 44.5 Å². The lowest BCUT2D eigenvalue weighted by Gasteiger charge is -2.32. The van der Waals surface area contributed by atoms with Crippen LogP contribution in [-0.4, -0.2) is 81.1 Å². The maximum Gasteiger partial charge on any atom is 0.308 e. The molecule has 0 spiro atoms. The maximum absolute atomic E-state index is 11.8. The Morgan fingerprint density at radius 2 is 2.14 bits per heavy atom. The summed E-state index contributed by atoms with van der Waals surface area (Å²) in [4.78, 5) is 23.4. The van der Waals surface area contributed by atoms with Crippen LogP contribution >= 0.6 is 0 Å². The molecule has 1 aromatic carbocycles. The van der Waals surface area contributed by atoms with Crippen molar-refractivity contribution in [3.63, 3.8) is 0 Å². The number of aromatic nitrogens is 3. The Hall–Kier alpha value is -3.21. The van der Waals surface area contributed by atoms with Crippen molar-refractivity contribution in [3.05, 3.63) is 47.3 Å². The van der Waals surface area contributed by atoms with E-state index in [0.717, 1.165) is 41.8 Å². The summed E-state index contributed by atoms with van der Waals surface area (Å²) in [5, 5.41) is 23.4. The maximum atomic E-state index is 11.8. The highest BCUT2D eigenvalue weighted by Crippen LogP contribution is 2.25. The number of rotatable bonds is 11. The minimum atomic E-state index is -0.219. The number of anilines is 1. The molecule has 1 unspecified atom stereocenters. The molecular formula is C26H35N5O5. The van der Waals surface area contributed by atoms with Crippen molar-refractivity contribution < 1.29 is 24.5 Å². The molecule has 4 rings (SSSR count). The van der Waals surface area contributed by atoms with Gasteiger partial charge in [0.05, 0.1) is 49.9 Å². The molecule has 0 bridgehead atoms. The molecule has 3 heterocycles. The van der Waals surface area contributed by atoms with Gasteiger partial charge in [0.1, 0.15) is 11.4 Å². The quantitative estimate of drug-likeness (QED) is 0.271. The van der Waals surface area contributed by atoms with E-state index in [2.05, 4.69) is 15.2 Å². The van der Waals surface area contributed by atoms with Gasteiger partial charge >= 0.3 is 5.97 Å². The third-order valence-electron chi connectivity index (χ3n) is 6.25. The highest BCUT2D eigenvalue weighted by Gasteiger charge is 2.23. The Balaban J connectivity index is 1.41. The number of benzene rings is 1. The van der Waals surface area contributed by atoms with E-state index < -0.39 is 0 Å². The van der Waals surface area contributed by atoms with E-state index in [1.807, 2.05) is 29.7 Å². The Kier molecular flexibility index (Phi) is 8.74. The summed E-state index contributed by atoms with van der Waals surface area (Å²) in [5.74, 6) is 0.602. The zero-order chi connectivity index (χ0) is 25.5. The van der Waals surface area contributed by atoms with Crippen LogP contribution in [0.3, 0.4) is 0 Å². The van der Waals surface area contributed by atoms with Gasteiger partial charge in [-0.15, -0.1) is 0 Å². The number of aromatic hydroxyl groups is 1. The summed E-state index contributed by atoms with van der Waals surface area (Å²) >= 11 is 0. The van der Waals surface area contributed by atoms with Crippen molar-refractivity contribution in [1.82, 2.24) is 19.4 Å². The molecule has 0 amide bonds. The number of hydrogen-bond acceptors (Lipinski definition) is 9. The average molecular weight is 498 g/mol. The second kappa shape index (κ2) is 12.2. The standard InChI is InChI=1S/C26H35N5O5/c1-3-35-25(34)14-20-15-30(11-12-36-20)10-4-9-27-26-29-21-7-6-19(17-32)13-23(21)31(26)16-22-24(33)8-5-18(2)28-22/h5-8,13,20,32-33H,3-4,9-12,14-17H2,1-2H3,(H,27,29). The molecule has 1 saturated heterocycles. The Morgan fingerprint density at radius 3 is 2.94 bits per heavy atom. The lowest BCUT2D eigenvalue weighted by molar-refractivity contribution is -0.148. The second-order valence-electron chi connectivity index (χ2n) is 9.00. The summed E-state index contributed by atoms with van der Waals surface area (Å²) in [6, 6.07) is 9.09. The molecule has 1 atom stereocenters. The number of fused-ring (bicyclic) bond motifs is 1. The summed E-state index contributed by atoms with van der Waals surface area (Å²) in [6.45, 7) is 8.07. The molecule has 3 N–H and O–H groups in total. The van der Waals surface area contributed by atoms with Gasteiger partial charge in [-0.3, -0.25) is 14.7 Å². The molecule has 1 aliphatic rings. The molecule has 10 heteroatoms. The lowest BCUT2D eigenvalue weighted by atomic mass is 10.2. The minimum absolute atomic E-state index is 0.0610. The Labute approximate surface area is 210 Å². The highest BCUT2D eigenvalue weighted by molar-refractivity contribution is 5.79. The van der Waals surface area contributed by atoms with Crippen LogP contribution in [0.15, 0.2) is 30.3 Å². The number of morpholine rings is 1. The average Bonchev–Trinajstić information content (AvgIpc) is 3.20. The Bertz CT molecular complexity index is 1180. The third kappa shape index (κ3) is 6.51. The van der Waals surface area contributed by atoms with Crippen LogP contribution in [0.25, 0.3) is 11.0 Å². The number of hydrogen-bond donors (Lipinski definition) is 3. The number of imidazole rings is 1. The van der Waals surface area contributed by atoms with Crippen LogP contribution in [0.1, 0.15) is 36.7 Å². The van der Waals surface area contributed by atoms with Crippen molar-refractivity contribution in [2.45, 2.75) is 45.9 Å². The SMILES string of the molecule is CCOC(=O)CC1CN(CCCNc2nc3ccc(CO)cc3n2Cc2nc(C)ccc2O)CCO1. The number of nitrogens with zero attached hydrogens (tertiary/aromatic N) is 4. The smallest absolute Gasteiger partial charge is 0.308 e. The van der Waals surface area contributed by atoms with Gasteiger partial charge in [0, 0.05) is 31.9 Å². The predicted molar refractivity (Wildman–Crippen MR) is 136 cm³/mol. The molecule has 0 radical (unpaired) electrons. The van der Waals surface area contributed by atoms with Crippen molar-refractivity contribution >= 4 is 23.0 Å². The van der Waals surface area contributed by atoms with Crippen LogP contribution in [0.5, 0.6) is 5.75 Å². The largest absolute Gasteiger partial charge is 0.506 e. The normalized spacial score (nSPS) is 16.4. The molecule has 3 aromatic rings. The van der Waals surface area contributed by atoms with E-state index in [1.165, 1.54) is 0 Å². The molecule has 1 fully saturated rings. The number of aliphatic hydroxyl groups is 1. The first-order valence-electron chi connectivity index (χ1n) is 12.5. The number of nitrogens with one attached hydrogen (secondary N) is 1. The van der Waals surface area contributed by atoms with Gasteiger partial charge in [0.25, 0.3) is 0 Å². The zero-order valence-electron chi connectivity index (χ0n) is 20.9. The molecule has 0 aliphatic carbocycles. The molecule has 1 aliphatic heterocycles. The molecule has 10 nitrogen and oxygen atoms in total. The number of ether oxygens (including phenoxy) is 2. The van der Waals surface area contributed by atoms with Gasteiger partial charge in [-0.25, -0.2) is 4.98 Å². The summed E-state index contributed by atoms with van der Waals surface area (Å²) in [7, 11) is 0. The monoisotopic (exact) mass is 497 g/mol. The fraction of sp³-hybridized carbons (Fsp3) is 0.500. The zero-order valence-corrected chi connectivity index (χ0v) is 20.9. The molecule has 2 aromatic heterocycles. The first-order valence-corrected chi connectivity index (χ1v) is 12.5. The van der Waals surface area contributed by atoms with Crippen molar-refractivity contribution in [1.29, 1.82) is 0 Å². The number of pyridine rings is 1. The van der Waals surface area contributed by atoms with E-state index in [-0.39, 0.29) is 30.9 Å².